The van der Waals surface area contributed by atoms with Crippen LogP contribution in [0.5, 0.6) is 0 Å². The Bertz CT molecular complexity index is 1170. The number of carbonyl (C=O) groups excluding carboxylic acids is 1. The molecule has 0 aliphatic rings. The van der Waals surface area contributed by atoms with E-state index >= 15 is 0 Å². The molecule has 39 heavy (non-hydrogen) atoms. The largest absolute Gasteiger partial charge is 0.573 e. The fourth-order valence-corrected chi connectivity index (χ4v) is 4.50. The van der Waals surface area contributed by atoms with Crippen LogP contribution in [0.25, 0.3) is 10.4 Å². The molecule has 10 nitrogen and oxygen atoms in total. The molecule has 0 bridgehead atoms. The summed E-state index contributed by atoms with van der Waals surface area (Å²) in [6, 6.07) is 25.6. The van der Waals surface area contributed by atoms with Crippen LogP contribution in [-0.2, 0) is 38.1 Å². The minimum Gasteiger partial charge on any atom is -0.444 e. The van der Waals surface area contributed by atoms with E-state index in [9.17, 15) is 9.69 Å². The first kappa shape index (κ1) is 30.1. The number of hydrogen-bond acceptors (Lipinski definition) is 7. The van der Waals surface area contributed by atoms with Crippen molar-refractivity contribution in [1.29, 1.82) is 0 Å². The van der Waals surface area contributed by atoms with Gasteiger partial charge in [0, 0.05) is 17.1 Å². The van der Waals surface area contributed by atoms with Gasteiger partial charge in [0.25, 0.3) is 0 Å². The Morgan fingerprint density at radius 3 is 1.90 bits per heavy atom. The summed E-state index contributed by atoms with van der Waals surface area (Å²) < 4.78 is 22.9. The zero-order valence-electron chi connectivity index (χ0n) is 22.3. The molecule has 11 heteroatoms. The van der Waals surface area contributed by atoms with Gasteiger partial charge in [0.2, 0.25) is 0 Å². The topological polar surface area (TPSA) is 126 Å². The number of carbonyl (C=O) groups is 1. The maximum absolute atomic E-state index is 13.0. The second kappa shape index (κ2) is 14.6. The Balaban J connectivity index is 1.69. The molecule has 3 aromatic rings. The van der Waals surface area contributed by atoms with E-state index in [0.717, 1.165) is 16.7 Å². The van der Waals surface area contributed by atoms with Crippen LogP contribution in [0.1, 0.15) is 37.5 Å². The van der Waals surface area contributed by atoms with Crippen LogP contribution in [0, 0.1) is 0 Å². The van der Waals surface area contributed by atoms with Crippen molar-refractivity contribution in [3.05, 3.63) is 112 Å². The van der Waals surface area contributed by atoms with Gasteiger partial charge < -0.3 is 9.64 Å². The van der Waals surface area contributed by atoms with E-state index in [1.165, 1.54) is 4.90 Å². The van der Waals surface area contributed by atoms with Gasteiger partial charge in [-0.2, -0.15) is 9.42 Å². The molecule has 0 unspecified atom stereocenters. The fraction of sp³-hybridized carbons (Fsp3) is 0.321. The van der Waals surface area contributed by atoms with Crippen LogP contribution in [0.4, 0.5) is 10.5 Å². The van der Waals surface area contributed by atoms with Crippen molar-refractivity contribution in [2.45, 2.75) is 46.1 Å². The monoisotopic (exact) mass is 553 g/mol. The number of rotatable bonds is 13. The standard InChI is InChI=1S/C28H34N4O6P/c1-28(2,3)38-27(33)32(20-23-14-16-26(17-15-23)30-31-29)18-19-35-39(34,36-21-24-10-6-4-7-11-24)37-22-25-12-8-5-9-13-25/h4-17,34H,18-22H2,1-3H3/q+1. The molecule has 0 aliphatic heterocycles. The van der Waals surface area contributed by atoms with Gasteiger partial charge in [-0.05, 0) is 43.0 Å². The smallest absolute Gasteiger partial charge is 0.444 e. The van der Waals surface area contributed by atoms with Gasteiger partial charge in [-0.25, -0.2) is 4.79 Å². The molecule has 0 atom stereocenters. The van der Waals surface area contributed by atoms with E-state index in [-0.39, 0.29) is 32.9 Å². The van der Waals surface area contributed by atoms with Crippen LogP contribution in [0.2, 0.25) is 0 Å². The summed E-state index contributed by atoms with van der Waals surface area (Å²) in [6.07, 6.45) is -0.539. The van der Waals surface area contributed by atoms with Crippen molar-refractivity contribution in [3.8, 4) is 0 Å². The highest BCUT2D eigenvalue weighted by molar-refractivity contribution is 7.55. The zero-order valence-corrected chi connectivity index (χ0v) is 23.2. The number of hydrogen-bond donors (Lipinski definition) is 1. The lowest BCUT2D eigenvalue weighted by molar-refractivity contribution is 0.0161. The van der Waals surface area contributed by atoms with Crippen molar-refractivity contribution in [1.82, 2.24) is 4.90 Å². The van der Waals surface area contributed by atoms with E-state index in [1.54, 1.807) is 45.0 Å². The first-order valence-corrected chi connectivity index (χ1v) is 13.9. The van der Waals surface area contributed by atoms with Gasteiger partial charge in [0.05, 0.1) is 6.54 Å². The van der Waals surface area contributed by atoms with E-state index in [4.69, 9.17) is 23.8 Å². The van der Waals surface area contributed by atoms with Gasteiger partial charge >= 0.3 is 14.3 Å². The average molecular weight is 554 g/mol. The highest BCUT2D eigenvalue weighted by Gasteiger charge is 2.45. The molecular formula is C28H34N4O6P+. The summed E-state index contributed by atoms with van der Waals surface area (Å²) in [5.41, 5.74) is 10.9. The minimum atomic E-state index is -3.75. The van der Waals surface area contributed by atoms with E-state index in [0.29, 0.717) is 5.69 Å². The number of nitrogens with zero attached hydrogens (tertiary/aromatic N) is 4. The minimum absolute atomic E-state index is 0.0656. The maximum Gasteiger partial charge on any atom is 0.573 e. The third-order valence-electron chi connectivity index (χ3n) is 5.21. The molecular weight excluding hydrogens is 519 g/mol. The molecule has 0 aliphatic carbocycles. The maximum atomic E-state index is 13.0. The van der Waals surface area contributed by atoms with Crippen molar-refractivity contribution in [2.75, 3.05) is 13.2 Å². The van der Waals surface area contributed by atoms with Crippen molar-refractivity contribution < 1.29 is 28.0 Å². The molecule has 206 valence electrons. The number of azide groups is 1. The molecule has 0 fully saturated rings. The highest BCUT2D eigenvalue weighted by atomic mass is 31.2. The van der Waals surface area contributed by atoms with Gasteiger partial charge in [0.15, 0.2) is 0 Å². The lowest BCUT2D eigenvalue weighted by Gasteiger charge is -2.27. The third kappa shape index (κ3) is 11.0. The first-order valence-electron chi connectivity index (χ1n) is 12.4. The molecule has 1 amide bonds. The summed E-state index contributed by atoms with van der Waals surface area (Å²) in [5, 5.41) is 3.57. The van der Waals surface area contributed by atoms with Gasteiger partial charge in [-0.15, -0.1) is 9.05 Å². The summed E-state index contributed by atoms with van der Waals surface area (Å²) in [5.74, 6) is 0. The Labute approximate surface area is 229 Å². The quantitative estimate of drug-likeness (QED) is 0.101. The van der Waals surface area contributed by atoms with Crippen LogP contribution in [-0.4, -0.2) is 34.6 Å². The molecule has 3 rings (SSSR count). The van der Waals surface area contributed by atoms with Crippen molar-refractivity contribution >= 4 is 20.0 Å². The molecule has 0 heterocycles. The second-order valence-corrected chi connectivity index (χ2v) is 11.3. The van der Waals surface area contributed by atoms with Crippen LogP contribution in [0.15, 0.2) is 90.0 Å². The molecule has 1 N–H and O–H groups in total. The Morgan fingerprint density at radius 1 is 0.872 bits per heavy atom. The van der Waals surface area contributed by atoms with E-state index in [1.807, 2.05) is 60.7 Å². The summed E-state index contributed by atoms with van der Waals surface area (Å²) >= 11 is 0. The Hall–Kier alpha value is -3.49. The van der Waals surface area contributed by atoms with E-state index in [2.05, 4.69) is 10.0 Å². The number of ether oxygens (including phenoxy) is 1. The molecule has 0 radical (unpaired) electrons. The lowest BCUT2D eigenvalue weighted by atomic mass is 10.2. The molecule has 0 spiro atoms. The predicted octanol–water partition coefficient (Wildman–Crippen LogP) is 7.49. The van der Waals surface area contributed by atoms with Crippen LogP contribution >= 0.6 is 8.17 Å². The fourth-order valence-electron chi connectivity index (χ4n) is 3.34. The third-order valence-corrected chi connectivity index (χ3v) is 6.63. The number of amides is 1. The van der Waals surface area contributed by atoms with E-state index < -0.39 is 19.9 Å². The SMILES string of the molecule is CC(C)(C)OC(=O)N(CCO[P+](O)(OCc1ccccc1)OCc1ccccc1)Cc1ccc(N=[N+]=[N-])cc1. The molecule has 0 saturated carbocycles. The molecule has 3 aromatic carbocycles. The second-order valence-electron chi connectivity index (χ2n) is 9.58. The zero-order chi connectivity index (χ0) is 28.1. The van der Waals surface area contributed by atoms with Crippen LogP contribution < -0.4 is 0 Å². The Kier molecular flexibility index (Phi) is 11.3. The lowest BCUT2D eigenvalue weighted by Crippen LogP contribution is -2.38. The van der Waals surface area contributed by atoms with Crippen molar-refractivity contribution in [2.24, 2.45) is 5.11 Å². The molecule has 0 aromatic heterocycles. The summed E-state index contributed by atoms with van der Waals surface area (Å²) in [6.45, 7) is 5.78. The predicted molar refractivity (Wildman–Crippen MR) is 149 cm³/mol. The van der Waals surface area contributed by atoms with Crippen LogP contribution in [0.3, 0.4) is 0 Å². The summed E-state index contributed by atoms with van der Waals surface area (Å²) in [7, 11) is -3.75. The highest BCUT2D eigenvalue weighted by Crippen LogP contribution is 2.59. The first-order chi connectivity index (χ1) is 18.7. The van der Waals surface area contributed by atoms with Crippen molar-refractivity contribution in [3.63, 3.8) is 0 Å². The summed E-state index contributed by atoms with van der Waals surface area (Å²) in [4.78, 5) is 28.4. The average Bonchev–Trinajstić information content (AvgIpc) is 2.92. The van der Waals surface area contributed by atoms with Gasteiger partial charge in [-0.1, -0.05) is 90.0 Å². The Morgan fingerprint density at radius 2 is 1.41 bits per heavy atom. The molecule has 0 saturated heterocycles. The van der Waals surface area contributed by atoms with Gasteiger partial charge in [0.1, 0.15) is 25.4 Å². The number of benzene rings is 3. The van der Waals surface area contributed by atoms with Gasteiger partial charge in [-0.3, -0.25) is 0 Å². The normalized spacial score (nSPS) is 11.5.